The Balaban J connectivity index is 2.49. The lowest BCUT2D eigenvalue weighted by Gasteiger charge is -2.21. The zero-order valence-electron chi connectivity index (χ0n) is 10.2. The van der Waals surface area contributed by atoms with Crippen molar-refractivity contribution < 1.29 is 9.84 Å². The molecule has 0 aliphatic carbocycles. The highest BCUT2D eigenvalue weighted by Gasteiger charge is 2.16. The second-order valence-electron chi connectivity index (χ2n) is 4.13. The van der Waals surface area contributed by atoms with Crippen LogP contribution in [0.1, 0.15) is 25.8 Å². The molecular weight excluding hydrogens is 204 g/mol. The first-order chi connectivity index (χ1) is 7.59. The molecule has 0 aliphatic rings. The normalized spacial score (nSPS) is 14.5. The summed E-state index contributed by atoms with van der Waals surface area (Å²) in [6.45, 7) is 4.99. The summed E-state index contributed by atoms with van der Waals surface area (Å²) in [7, 11) is 1.61. The van der Waals surface area contributed by atoms with Gasteiger partial charge in [-0.1, -0.05) is 13.0 Å². The molecule has 1 aromatic heterocycles. The standard InChI is InChI=1S/C12H20N2O2/c1-4-12(2,15)9-13-8-10-6-5-7-14-11(10)16-3/h5-7,13,15H,4,8-9H2,1-3H3. The Bertz CT molecular complexity index is 327. The fraction of sp³-hybridized carbons (Fsp3) is 0.583. The second kappa shape index (κ2) is 5.82. The zero-order valence-corrected chi connectivity index (χ0v) is 10.2. The number of pyridine rings is 1. The predicted octanol–water partition coefficient (Wildman–Crippen LogP) is 1.34. The smallest absolute Gasteiger partial charge is 0.217 e. The molecule has 90 valence electrons. The van der Waals surface area contributed by atoms with Gasteiger partial charge in [-0.15, -0.1) is 0 Å². The van der Waals surface area contributed by atoms with Crippen molar-refractivity contribution in [2.75, 3.05) is 13.7 Å². The van der Waals surface area contributed by atoms with Crippen LogP contribution in [-0.2, 0) is 6.54 Å². The van der Waals surface area contributed by atoms with Gasteiger partial charge in [0.15, 0.2) is 0 Å². The van der Waals surface area contributed by atoms with Gasteiger partial charge in [-0.25, -0.2) is 4.98 Å². The maximum Gasteiger partial charge on any atom is 0.217 e. The van der Waals surface area contributed by atoms with E-state index in [4.69, 9.17) is 4.74 Å². The van der Waals surface area contributed by atoms with Crippen molar-refractivity contribution in [1.29, 1.82) is 0 Å². The topological polar surface area (TPSA) is 54.4 Å². The maximum absolute atomic E-state index is 9.82. The Labute approximate surface area is 96.7 Å². The van der Waals surface area contributed by atoms with Crippen LogP contribution in [0.15, 0.2) is 18.3 Å². The first-order valence-electron chi connectivity index (χ1n) is 5.50. The van der Waals surface area contributed by atoms with Gasteiger partial charge in [0.1, 0.15) is 0 Å². The highest BCUT2D eigenvalue weighted by atomic mass is 16.5. The fourth-order valence-electron chi connectivity index (χ4n) is 1.33. The molecule has 4 heteroatoms. The summed E-state index contributed by atoms with van der Waals surface area (Å²) in [5.74, 6) is 0.631. The second-order valence-corrected chi connectivity index (χ2v) is 4.13. The Kier molecular flexibility index (Phi) is 4.71. The van der Waals surface area contributed by atoms with Gasteiger partial charge in [0.05, 0.1) is 12.7 Å². The van der Waals surface area contributed by atoms with Crippen molar-refractivity contribution in [3.8, 4) is 5.88 Å². The van der Waals surface area contributed by atoms with Crippen molar-refractivity contribution in [3.05, 3.63) is 23.9 Å². The molecule has 0 saturated heterocycles. The number of methoxy groups -OCH3 is 1. The van der Waals surface area contributed by atoms with Crippen molar-refractivity contribution in [2.45, 2.75) is 32.4 Å². The van der Waals surface area contributed by atoms with Crippen molar-refractivity contribution in [3.63, 3.8) is 0 Å². The summed E-state index contributed by atoms with van der Waals surface area (Å²) in [6.07, 6.45) is 2.43. The summed E-state index contributed by atoms with van der Waals surface area (Å²) in [5.41, 5.74) is 0.340. The number of aliphatic hydroxyl groups is 1. The molecule has 2 N–H and O–H groups in total. The third kappa shape index (κ3) is 3.79. The number of hydrogen-bond donors (Lipinski definition) is 2. The van der Waals surface area contributed by atoms with E-state index in [1.807, 2.05) is 26.0 Å². The minimum atomic E-state index is -0.657. The largest absolute Gasteiger partial charge is 0.481 e. The molecule has 1 atom stereocenters. The molecule has 0 spiro atoms. The Morgan fingerprint density at radius 1 is 1.56 bits per heavy atom. The Hall–Kier alpha value is -1.13. The Morgan fingerprint density at radius 3 is 2.94 bits per heavy atom. The molecule has 4 nitrogen and oxygen atoms in total. The van der Waals surface area contributed by atoms with E-state index in [0.717, 1.165) is 12.0 Å². The van der Waals surface area contributed by atoms with E-state index in [1.54, 1.807) is 13.3 Å². The van der Waals surface area contributed by atoms with Gasteiger partial charge in [-0.3, -0.25) is 0 Å². The van der Waals surface area contributed by atoms with Crippen molar-refractivity contribution in [1.82, 2.24) is 10.3 Å². The van der Waals surface area contributed by atoms with E-state index in [2.05, 4.69) is 10.3 Å². The third-order valence-corrected chi connectivity index (χ3v) is 2.63. The molecular formula is C12H20N2O2. The lowest BCUT2D eigenvalue weighted by molar-refractivity contribution is 0.0555. The van der Waals surface area contributed by atoms with Crippen LogP contribution in [0.5, 0.6) is 5.88 Å². The fourth-order valence-corrected chi connectivity index (χ4v) is 1.33. The number of nitrogens with one attached hydrogen (secondary N) is 1. The minimum absolute atomic E-state index is 0.557. The van der Waals surface area contributed by atoms with Crippen LogP contribution in [0.2, 0.25) is 0 Å². The van der Waals surface area contributed by atoms with E-state index < -0.39 is 5.60 Å². The predicted molar refractivity (Wildman–Crippen MR) is 63.4 cm³/mol. The molecule has 0 saturated carbocycles. The SMILES string of the molecule is CCC(C)(O)CNCc1cccnc1OC. The molecule has 0 aliphatic heterocycles. The van der Waals surface area contributed by atoms with Crippen LogP contribution in [0.25, 0.3) is 0 Å². The van der Waals surface area contributed by atoms with E-state index in [0.29, 0.717) is 19.0 Å². The number of nitrogens with zero attached hydrogens (tertiary/aromatic N) is 1. The lowest BCUT2D eigenvalue weighted by Crippen LogP contribution is -2.36. The summed E-state index contributed by atoms with van der Waals surface area (Å²) in [5, 5.41) is 13.0. The summed E-state index contributed by atoms with van der Waals surface area (Å²) in [6, 6.07) is 3.83. The van der Waals surface area contributed by atoms with Crippen LogP contribution in [0.4, 0.5) is 0 Å². The molecule has 0 radical (unpaired) electrons. The third-order valence-electron chi connectivity index (χ3n) is 2.63. The number of ether oxygens (including phenoxy) is 1. The van der Waals surface area contributed by atoms with Crippen LogP contribution >= 0.6 is 0 Å². The molecule has 0 bridgehead atoms. The lowest BCUT2D eigenvalue weighted by atomic mass is 10.0. The number of aromatic nitrogens is 1. The molecule has 1 rings (SSSR count). The summed E-state index contributed by atoms with van der Waals surface area (Å²) in [4.78, 5) is 4.11. The van der Waals surface area contributed by atoms with Crippen LogP contribution in [-0.4, -0.2) is 29.3 Å². The quantitative estimate of drug-likeness (QED) is 0.765. The van der Waals surface area contributed by atoms with Gasteiger partial charge in [0, 0.05) is 24.8 Å². The molecule has 16 heavy (non-hydrogen) atoms. The van der Waals surface area contributed by atoms with E-state index >= 15 is 0 Å². The first-order valence-corrected chi connectivity index (χ1v) is 5.50. The van der Waals surface area contributed by atoms with Gasteiger partial charge >= 0.3 is 0 Å². The monoisotopic (exact) mass is 224 g/mol. The van der Waals surface area contributed by atoms with E-state index in [-0.39, 0.29) is 0 Å². The number of rotatable bonds is 6. The molecule has 0 aromatic carbocycles. The molecule has 1 heterocycles. The van der Waals surface area contributed by atoms with Crippen molar-refractivity contribution >= 4 is 0 Å². The van der Waals surface area contributed by atoms with E-state index in [9.17, 15) is 5.11 Å². The average molecular weight is 224 g/mol. The van der Waals surface area contributed by atoms with Crippen LogP contribution in [0, 0.1) is 0 Å². The maximum atomic E-state index is 9.82. The summed E-state index contributed by atoms with van der Waals surface area (Å²) < 4.78 is 5.14. The van der Waals surface area contributed by atoms with Gasteiger partial charge in [-0.05, 0) is 19.4 Å². The molecule has 0 fully saturated rings. The van der Waals surface area contributed by atoms with Gasteiger partial charge < -0.3 is 15.2 Å². The van der Waals surface area contributed by atoms with Crippen LogP contribution in [0.3, 0.4) is 0 Å². The molecule has 0 amide bonds. The van der Waals surface area contributed by atoms with Gasteiger partial charge in [0.25, 0.3) is 0 Å². The summed E-state index contributed by atoms with van der Waals surface area (Å²) >= 11 is 0. The van der Waals surface area contributed by atoms with E-state index in [1.165, 1.54) is 0 Å². The molecule has 1 unspecified atom stereocenters. The minimum Gasteiger partial charge on any atom is -0.481 e. The number of hydrogen-bond acceptors (Lipinski definition) is 4. The van der Waals surface area contributed by atoms with Gasteiger partial charge in [0.2, 0.25) is 5.88 Å². The highest BCUT2D eigenvalue weighted by Crippen LogP contribution is 2.13. The highest BCUT2D eigenvalue weighted by molar-refractivity contribution is 5.24. The zero-order chi connectivity index (χ0) is 12.0. The van der Waals surface area contributed by atoms with Gasteiger partial charge in [-0.2, -0.15) is 0 Å². The van der Waals surface area contributed by atoms with Crippen LogP contribution < -0.4 is 10.1 Å². The first kappa shape index (κ1) is 12.9. The average Bonchev–Trinajstić information content (AvgIpc) is 2.29. The van der Waals surface area contributed by atoms with Crippen molar-refractivity contribution in [2.24, 2.45) is 0 Å². The molecule has 1 aromatic rings. The Morgan fingerprint density at radius 2 is 2.31 bits per heavy atom.